The Labute approximate surface area is 127 Å². The van der Waals surface area contributed by atoms with Crippen molar-refractivity contribution in [2.24, 2.45) is 0 Å². The van der Waals surface area contributed by atoms with Gasteiger partial charge in [0, 0.05) is 22.8 Å². The minimum atomic E-state index is -0.297. The zero-order chi connectivity index (χ0) is 15.1. The molecule has 1 aromatic heterocycles. The number of hydrogen-bond acceptors (Lipinski definition) is 1. The molecule has 0 fully saturated rings. The van der Waals surface area contributed by atoms with Gasteiger partial charge in [-0.2, -0.15) is 0 Å². The smallest absolute Gasteiger partial charge is 0.125 e. The predicted octanol–water partition coefficient (Wildman–Crippen LogP) is 4.69. The third-order valence-corrected chi connectivity index (χ3v) is 4.01. The fourth-order valence-corrected chi connectivity index (χ4v) is 3.04. The number of aromatic hydroxyl groups is 1. The molecule has 108 valence electrons. The first kappa shape index (κ1) is 12.9. The Balaban J connectivity index is 2.05. The van der Waals surface area contributed by atoms with Gasteiger partial charge in [0.2, 0.25) is 0 Å². The first-order valence-electron chi connectivity index (χ1n) is 7.17. The molecule has 1 heterocycles. The van der Waals surface area contributed by atoms with Crippen LogP contribution in [0.3, 0.4) is 0 Å². The minimum Gasteiger partial charge on any atom is -0.507 e. The van der Waals surface area contributed by atoms with Crippen LogP contribution in [-0.4, -0.2) is 9.67 Å². The van der Waals surface area contributed by atoms with Gasteiger partial charge >= 0.3 is 0 Å². The summed E-state index contributed by atoms with van der Waals surface area (Å²) in [7, 11) is 0. The van der Waals surface area contributed by atoms with Crippen LogP contribution in [0.25, 0.3) is 21.8 Å². The maximum absolute atomic E-state index is 13.6. The van der Waals surface area contributed by atoms with Gasteiger partial charge in [0.05, 0.1) is 5.52 Å². The molecule has 4 rings (SSSR count). The van der Waals surface area contributed by atoms with Crippen molar-refractivity contribution in [1.29, 1.82) is 0 Å². The number of nitrogens with zero attached hydrogens (tertiary/aromatic N) is 1. The van der Waals surface area contributed by atoms with E-state index in [2.05, 4.69) is 16.7 Å². The summed E-state index contributed by atoms with van der Waals surface area (Å²) >= 11 is 0. The van der Waals surface area contributed by atoms with Gasteiger partial charge in [-0.1, -0.05) is 36.4 Å². The number of benzene rings is 3. The molecule has 0 bridgehead atoms. The molecule has 0 saturated carbocycles. The fourth-order valence-electron chi connectivity index (χ4n) is 3.04. The molecule has 0 amide bonds. The summed E-state index contributed by atoms with van der Waals surface area (Å²) in [5, 5.41) is 11.6. The standard InChI is InChI=1S/C19H14FNO/c20-14-9-10-16-15(11-14)19-17(7-4-8-18(19)22)21(16)12-13-5-2-1-3-6-13/h1-11,22H,12H2. The van der Waals surface area contributed by atoms with Crippen molar-refractivity contribution in [3.8, 4) is 5.75 Å². The second-order valence-electron chi connectivity index (χ2n) is 5.40. The van der Waals surface area contributed by atoms with Crippen LogP contribution < -0.4 is 0 Å². The predicted molar refractivity (Wildman–Crippen MR) is 86.6 cm³/mol. The lowest BCUT2D eigenvalue weighted by atomic mass is 10.1. The maximum atomic E-state index is 13.6. The second-order valence-corrected chi connectivity index (χ2v) is 5.40. The number of phenolic OH excluding ortho intramolecular Hbond substituents is 1. The average Bonchev–Trinajstić information content (AvgIpc) is 2.83. The van der Waals surface area contributed by atoms with E-state index in [0.717, 1.165) is 22.0 Å². The molecular formula is C19H14FNO. The summed E-state index contributed by atoms with van der Waals surface area (Å²) in [6, 6.07) is 20.2. The quantitative estimate of drug-likeness (QED) is 0.569. The van der Waals surface area contributed by atoms with E-state index in [9.17, 15) is 9.50 Å². The SMILES string of the molecule is Oc1cccc2c1c1cc(F)ccc1n2Cc1ccccc1. The molecule has 0 unspecified atom stereocenters. The molecule has 0 aliphatic rings. The van der Waals surface area contributed by atoms with Gasteiger partial charge < -0.3 is 9.67 Å². The number of aromatic nitrogens is 1. The van der Waals surface area contributed by atoms with Crippen molar-refractivity contribution >= 4 is 21.8 Å². The van der Waals surface area contributed by atoms with Crippen LogP contribution in [0.5, 0.6) is 5.75 Å². The Bertz CT molecular complexity index is 973. The first-order chi connectivity index (χ1) is 10.7. The molecule has 0 saturated heterocycles. The molecule has 0 aliphatic heterocycles. The summed E-state index contributed by atoms with van der Waals surface area (Å²) in [6.45, 7) is 0.677. The monoisotopic (exact) mass is 291 g/mol. The van der Waals surface area contributed by atoms with Crippen LogP contribution in [0.1, 0.15) is 5.56 Å². The van der Waals surface area contributed by atoms with Crippen molar-refractivity contribution < 1.29 is 9.50 Å². The Hall–Kier alpha value is -2.81. The van der Waals surface area contributed by atoms with Gasteiger partial charge in [-0.05, 0) is 35.9 Å². The number of halogens is 1. The van der Waals surface area contributed by atoms with Crippen molar-refractivity contribution in [2.45, 2.75) is 6.54 Å². The molecule has 0 spiro atoms. The summed E-state index contributed by atoms with van der Waals surface area (Å²) in [4.78, 5) is 0. The lowest BCUT2D eigenvalue weighted by Gasteiger charge is -2.07. The average molecular weight is 291 g/mol. The lowest BCUT2D eigenvalue weighted by molar-refractivity contribution is 0.482. The first-order valence-corrected chi connectivity index (χ1v) is 7.17. The summed E-state index contributed by atoms with van der Waals surface area (Å²) in [6.07, 6.45) is 0. The Morgan fingerprint density at radius 1 is 0.864 bits per heavy atom. The fraction of sp³-hybridized carbons (Fsp3) is 0.0526. The van der Waals surface area contributed by atoms with Crippen LogP contribution >= 0.6 is 0 Å². The highest BCUT2D eigenvalue weighted by atomic mass is 19.1. The van der Waals surface area contributed by atoms with E-state index in [1.54, 1.807) is 12.1 Å². The van der Waals surface area contributed by atoms with E-state index >= 15 is 0 Å². The number of fused-ring (bicyclic) bond motifs is 3. The molecule has 1 N–H and O–H groups in total. The largest absolute Gasteiger partial charge is 0.507 e. The third kappa shape index (κ3) is 1.94. The summed E-state index contributed by atoms with van der Waals surface area (Å²) in [5.41, 5.74) is 2.99. The van der Waals surface area contributed by atoms with E-state index in [1.165, 1.54) is 12.1 Å². The number of hydrogen-bond donors (Lipinski definition) is 1. The highest BCUT2D eigenvalue weighted by Crippen LogP contribution is 2.35. The van der Waals surface area contributed by atoms with E-state index in [-0.39, 0.29) is 11.6 Å². The van der Waals surface area contributed by atoms with E-state index in [1.807, 2.05) is 30.3 Å². The van der Waals surface area contributed by atoms with Gasteiger partial charge in [-0.3, -0.25) is 0 Å². The van der Waals surface area contributed by atoms with Gasteiger partial charge in [0.25, 0.3) is 0 Å². The van der Waals surface area contributed by atoms with E-state index in [4.69, 9.17) is 0 Å². The minimum absolute atomic E-state index is 0.180. The highest BCUT2D eigenvalue weighted by Gasteiger charge is 2.14. The van der Waals surface area contributed by atoms with Crippen LogP contribution in [-0.2, 0) is 6.54 Å². The van der Waals surface area contributed by atoms with Crippen molar-refractivity contribution in [3.63, 3.8) is 0 Å². The van der Waals surface area contributed by atoms with E-state index < -0.39 is 0 Å². The molecule has 4 aromatic rings. The van der Waals surface area contributed by atoms with Crippen molar-refractivity contribution in [2.75, 3.05) is 0 Å². The van der Waals surface area contributed by atoms with Gasteiger partial charge in [-0.25, -0.2) is 4.39 Å². The topological polar surface area (TPSA) is 25.2 Å². The zero-order valence-corrected chi connectivity index (χ0v) is 11.8. The van der Waals surface area contributed by atoms with Crippen LogP contribution in [0, 0.1) is 5.82 Å². The highest BCUT2D eigenvalue weighted by molar-refractivity contribution is 6.11. The van der Waals surface area contributed by atoms with Crippen molar-refractivity contribution in [1.82, 2.24) is 4.57 Å². The maximum Gasteiger partial charge on any atom is 0.125 e. The number of phenols is 1. The molecule has 3 heteroatoms. The second kappa shape index (κ2) is 4.88. The number of rotatable bonds is 2. The molecule has 22 heavy (non-hydrogen) atoms. The van der Waals surface area contributed by atoms with Crippen LogP contribution in [0.2, 0.25) is 0 Å². The Morgan fingerprint density at radius 3 is 2.50 bits per heavy atom. The third-order valence-electron chi connectivity index (χ3n) is 4.01. The molecule has 0 aliphatic carbocycles. The normalized spacial score (nSPS) is 11.3. The summed E-state index contributed by atoms with van der Waals surface area (Å²) < 4.78 is 15.8. The molecule has 0 atom stereocenters. The van der Waals surface area contributed by atoms with Gasteiger partial charge in [0.15, 0.2) is 0 Å². The lowest BCUT2D eigenvalue weighted by Crippen LogP contribution is -1.98. The Kier molecular flexibility index (Phi) is 2.86. The molecule has 0 radical (unpaired) electrons. The van der Waals surface area contributed by atoms with E-state index in [0.29, 0.717) is 11.9 Å². The molecule has 2 nitrogen and oxygen atoms in total. The van der Waals surface area contributed by atoms with Gasteiger partial charge in [-0.15, -0.1) is 0 Å². The van der Waals surface area contributed by atoms with Crippen LogP contribution in [0.15, 0.2) is 66.7 Å². The zero-order valence-electron chi connectivity index (χ0n) is 11.8. The summed E-state index contributed by atoms with van der Waals surface area (Å²) in [5.74, 6) is -0.116. The van der Waals surface area contributed by atoms with Crippen LogP contribution in [0.4, 0.5) is 4.39 Å². The molecular weight excluding hydrogens is 277 g/mol. The molecule has 3 aromatic carbocycles. The van der Waals surface area contributed by atoms with Gasteiger partial charge in [0.1, 0.15) is 11.6 Å². The van der Waals surface area contributed by atoms with Crippen molar-refractivity contribution in [3.05, 3.63) is 78.1 Å². The Morgan fingerprint density at radius 2 is 1.68 bits per heavy atom.